The SMILES string of the molecule is c1ccc(-c2cccc(N(c3cccc(-c4ccccc4)c3)c3ccc4c(c3)C3(c5ccccc5-4)c4ccccc4-c4c3ccc3c4oc4ccccc43)c2)cc1. The molecule has 12 rings (SSSR count). The number of hydrogen-bond donors (Lipinski definition) is 0. The van der Waals surface area contributed by atoms with E-state index in [0.29, 0.717) is 0 Å². The Hall–Kier alpha value is -7.42. The molecule has 0 saturated heterocycles. The number of hydrogen-bond acceptors (Lipinski definition) is 2. The van der Waals surface area contributed by atoms with Gasteiger partial charge in [0.1, 0.15) is 11.2 Å². The zero-order valence-electron chi connectivity index (χ0n) is 31.1. The summed E-state index contributed by atoms with van der Waals surface area (Å²) in [6.45, 7) is 0. The zero-order chi connectivity index (χ0) is 37.5. The van der Waals surface area contributed by atoms with Crippen LogP contribution < -0.4 is 4.90 Å². The number of benzene rings is 9. The molecule has 2 aliphatic carbocycles. The molecule has 0 fully saturated rings. The molecule has 0 saturated carbocycles. The minimum atomic E-state index is -0.537. The summed E-state index contributed by atoms with van der Waals surface area (Å²) in [5.74, 6) is 0. The van der Waals surface area contributed by atoms with Gasteiger partial charge in [0.25, 0.3) is 0 Å². The number of para-hydroxylation sites is 1. The largest absolute Gasteiger partial charge is 0.455 e. The van der Waals surface area contributed by atoms with Gasteiger partial charge in [-0.3, -0.25) is 0 Å². The van der Waals surface area contributed by atoms with Gasteiger partial charge in [0.2, 0.25) is 0 Å². The van der Waals surface area contributed by atoms with Gasteiger partial charge >= 0.3 is 0 Å². The summed E-state index contributed by atoms with van der Waals surface area (Å²) >= 11 is 0. The van der Waals surface area contributed by atoms with Crippen LogP contribution in [0.4, 0.5) is 17.1 Å². The van der Waals surface area contributed by atoms with Crippen LogP contribution in [0.15, 0.2) is 217 Å². The molecule has 0 N–H and O–H groups in total. The second kappa shape index (κ2) is 12.3. The summed E-state index contributed by atoms with van der Waals surface area (Å²) in [7, 11) is 0. The van der Waals surface area contributed by atoms with Gasteiger partial charge in [0.05, 0.1) is 5.41 Å². The molecule has 9 aromatic carbocycles. The standard InChI is InChI=1S/C55H35NO/c1-3-15-36(16-4-1)38-19-13-21-40(33-38)56(41-22-14-20-39(34-41)37-17-5-2-6-18-37)42-29-30-44-43-23-7-10-26-48(43)55(51(44)35-42)49-27-11-8-25-47(49)53-50(55)32-31-46-45-24-9-12-28-52(45)57-54(46)53/h1-35H. The average Bonchev–Trinajstić information content (AvgIpc) is 3.91. The highest BCUT2D eigenvalue weighted by Gasteiger charge is 2.52. The lowest BCUT2D eigenvalue weighted by Gasteiger charge is -2.32. The normalized spacial score (nSPS) is 14.7. The molecular formula is C55H35NO. The maximum absolute atomic E-state index is 6.80. The first kappa shape index (κ1) is 31.9. The molecule has 57 heavy (non-hydrogen) atoms. The van der Waals surface area contributed by atoms with Gasteiger partial charge in [-0.2, -0.15) is 0 Å². The number of rotatable bonds is 5. The van der Waals surface area contributed by atoms with Crippen LogP contribution >= 0.6 is 0 Å². The third kappa shape index (κ3) is 4.59. The van der Waals surface area contributed by atoms with Crippen LogP contribution in [0.5, 0.6) is 0 Å². The van der Waals surface area contributed by atoms with E-state index in [1.807, 2.05) is 0 Å². The topological polar surface area (TPSA) is 16.4 Å². The Morgan fingerprint density at radius 2 is 0.877 bits per heavy atom. The van der Waals surface area contributed by atoms with Crippen molar-refractivity contribution in [3.05, 3.63) is 235 Å². The molecule has 0 bridgehead atoms. The highest BCUT2D eigenvalue weighted by Crippen LogP contribution is 2.64. The van der Waals surface area contributed by atoms with Gasteiger partial charge in [0.15, 0.2) is 0 Å². The first-order valence-electron chi connectivity index (χ1n) is 19.7. The van der Waals surface area contributed by atoms with Crippen LogP contribution in [0, 0.1) is 0 Å². The fourth-order valence-corrected chi connectivity index (χ4v) is 9.89. The van der Waals surface area contributed by atoms with Crippen LogP contribution in [-0.2, 0) is 5.41 Å². The fourth-order valence-electron chi connectivity index (χ4n) is 9.89. The van der Waals surface area contributed by atoms with Crippen LogP contribution in [0.3, 0.4) is 0 Å². The van der Waals surface area contributed by atoms with Crippen LogP contribution in [0.25, 0.3) is 66.4 Å². The predicted octanol–water partition coefficient (Wildman–Crippen LogP) is 14.7. The molecule has 0 aliphatic heterocycles. The van der Waals surface area contributed by atoms with Crippen molar-refractivity contribution in [1.29, 1.82) is 0 Å². The minimum Gasteiger partial charge on any atom is -0.455 e. The maximum atomic E-state index is 6.80. The van der Waals surface area contributed by atoms with E-state index < -0.39 is 5.41 Å². The summed E-state index contributed by atoms with van der Waals surface area (Å²) in [6, 6.07) is 77.4. The van der Waals surface area contributed by atoms with E-state index in [1.54, 1.807) is 0 Å². The summed E-state index contributed by atoms with van der Waals surface area (Å²) < 4.78 is 6.80. The molecule has 0 amide bonds. The summed E-state index contributed by atoms with van der Waals surface area (Å²) in [5.41, 5.74) is 19.5. The van der Waals surface area contributed by atoms with Crippen molar-refractivity contribution < 1.29 is 4.42 Å². The van der Waals surface area contributed by atoms with Gasteiger partial charge in [-0.05, 0) is 104 Å². The molecule has 1 heterocycles. The fraction of sp³-hybridized carbons (Fsp3) is 0.0182. The smallest absolute Gasteiger partial charge is 0.143 e. The maximum Gasteiger partial charge on any atom is 0.143 e. The molecule has 1 atom stereocenters. The number of fused-ring (bicyclic) bond motifs is 14. The molecule has 1 unspecified atom stereocenters. The second-order valence-corrected chi connectivity index (χ2v) is 15.2. The van der Waals surface area contributed by atoms with Crippen molar-refractivity contribution in [2.75, 3.05) is 4.90 Å². The van der Waals surface area contributed by atoms with E-state index >= 15 is 0 Å². The molecule has 2 heteroatoms. The predicted molar refractivity (Wildman–Crippen MR) is 236 cm³/mol. The molecule has 266 valence electrons. The van der Waals surface area contributed by atoms with E-state index in [4.69, 9.17) is 4.42 Å². The zero-order valence-corrected chi connectivity index (χ0v) is 31.1. The lowest BCUT2D eigenvalue weighted by Crippen LogP contribution is -2.26. The van der Waals surface area contributed by atoms with Gasteiger partial charge < -0.3 is 9.32 Å². The van der Waals surface area contributed by atoms with Gasteiger partial charge in [0, 0.05) is 33.4 Å². The quantitative estimate of drug-likeness (QED) is 0.176. The van der Waals surface area contributed by atoms with Crippen molar-refractivity contribution >= 4 is 39.0 Å². The second-order valence-electron chi connectivity index (χ2n) is 15.2. The lowest BCUT2D eigenvalue weighted by molar-refractivity contribution is 0.669. The molecular weight excluding hydrogens is 691 g/mol. The Balaban J connectivity index is 1.13. The lowest BCUT2D eigenvalue weighted by atomic mass is 9.70. The van der Waals surface area contributed by atoms with Crippen LogP contribution in [0.1, 0.15) is 22.3 Å². The number of anilines is 3. The third-order valence-corrected chi connectivity index (χ3v) is 12.3. The van der Waals surface area contributed by atoms with E-state index in [0.717, 1.165) is 39.0 Å². The Labute approximate surface area is 331 Å². The van der Waals surface area contributed by atoms with E-state index in [2.05, 4.69) is 217 Å². The van der Waals surface area contributed by atoms with Crippen molar-refractivity contribution in [3.63, 3.8) is 0 Å². The van der Waals surface area contributed by atoms with Crippen LogP contribution in [0.2, 0.25) is 0 Å². The molecule has 0 radical (unpaired) electrons. The Kier molecular flexibility index (Phi) is 6.88. The minimum absolute atomic E-state index is 0.537. The van der Waals surface area contributed by atoms with Crippen molar-refractivity contribution in [2.45, 2.75) is 5.41 Å². The van der Waals surface area contributed by atoms with Crippen molar-refractivity contribution in [1.82, 2.24) is 0 Å². The monoisotopic (exact) mass is 725 g/mol. The van der Waals surface area contributed by atoms with Crippen molar-refractivity contribution in [3.8, 4) is 44.5 Å². The van der Waals surface area contributed by atoms with E-state index in [9.17, 15) is 0 Å². The molecule has 1 spiro atoms. The van der Waals surface area contributed by atoms with Gasteiger partial charge in [-0.15, -0.1) is 0 Å². The summed E-state index contributed by atoms with van der Waals surface area (Å²) in [5, 5.41) is 2.30. The summed E-state index contributed by atoms with van der Waals surface area (Å²) in [6.07, 6.45) is 0. The van der Waals surface area contributed by atoms with Crippen molar-refractivity contribution in [2.24, 2.45) is 0 Å². The molecule has 10 aromatic rings. The molecule has 2 aliphatic rings. The van der Waals surface area contributed by atoms with E-state index in [1.165, 1.54) is 66.8 Å². The average molecular weight is 726 g/mol. The first-order chi connectivity index (χ1) is 28.3. The van der Waals surface area contributed by atoms with Gasteiger partial charge in [-0.1, -0.05) is 170 Å². The highest BCUT2D eigenvalue weighted by molar-refractivity contribution is 6.13. The van der Waals surface area contributed by atoms with Crippen LogP contribution in [-0.4, -0.2) is 0 Å². The first-order valence-corrected chi connectivity index (χ1v) is 19.7. The molecule has 2 nitrogen and oxygen atoms in total. The number of nitrogens with zero attached hydrogens (tertiary/aromatic N) is 1. The van der Waals surface area contributed by atoms with E-state index in [-0.39, 0.29) is 0 Å². The Morgan fingerprint density at radius 1 is 0.333 bits per heavy atom. The Morgan fingerprint density at radius 3 is 1.58 bits per heavy atom. The number of furan rings is 1. The van der Waals surface area contributed by atoms with Gasteiger partial charge in [-0.25, -0.2) is 0 Å². The summed E-state index contributed by atoms with van der Waals surface area (Å²) in [4.78, 5) is 2.43. The Bertz CT molecular complexity index is 3110. The molecule has 1 aromatic heterocycles. The highest BCUT2D eigenvalue weighted by atomic mass is 16.3. The third-order valence-electron chi connectivity index (χ3n) is 12.3.